The smallest absolute Gasteiger partial charge is 0.261 e. The summed E-state index contributed by atoms with van der Waals surface area (Å²) >= 11 is 1.50. The number of benzene rings is 1. The summed E-state index contributed by atoms with van der Waals surface area (Å²) in [6.07, 6.45) is 0.830. The van der Waals surface area contributed by atoms with Crippen LogP contribution in [0.3, 0.4) is 0 Å². The van der Waals surface area contributed by atoms with E-state index in [4.69, 9.17) is 10.6 Å². The van der Waals surface area contributed by atoms with Gasteiger partial charge in [0.25, 0.3) is 5.56 Å². The number of anilines is 1. The Morgan fingerprint density at radius 2 is 2.12 bits per heavy atom. The van der Waals surface area contributed by atoms with Crippen LogP contribution in [0.1, 0.15) is 11.1 Å². The predicted molar refractivity (Wildman–Crippen MR) is 98.4 cm³/mol. The number of fused-ring (bicyclic) bond motifs is 3. The minimum atomic E-state index is -0.237. The van der Waals surface area contributed by atoms with Crippen LogP contribution in [-0.4, -0.2) is 21.6 Å². The highest BCUT2D eigenvalue weighted by Gasteiger charge is 2.18. The molecule has 1 aliphatic rings. The molecule has 0 spiro atoms. The molecule has 5 N–H and O–H groups in total. The van der Waals surface area contributed by atoms with E-state index in [2.05, 4.69) is 26.5 Å². The molecule has 3 aromatic heterocycles. The largest absolute Gasteiger partial charge is 0.397 e. The lowest BCUT2D eigenvalue weighted by Gasteiger charge is -2.03. The van der Waals surface area contributed by atoms with E-state index in [0.29, 0.717) is 30.2 Å². The first-order valence-corrected chi connectivity index (χ1v) is 8.84. The number of hydrogen-bond acceptors (Lipinski definition) is 6. The summed E-state index contributed by atoms with van der Waals surface area (Å²) in [5, 5.41) is 1.91. The maximum absolute atomic E-state index is 12.5. The SMILES string of the molecule is Nc1c(-c2nc3cc4c(cc3[nH]2)CCONC4)c(=O)[nH]c2ccsc12. The van der Waals surface area contributed by atoms with E-state index in [-0.39, 0.29) is 5.56 Å². The van der Waals surface area contributed by atoms with Gasteiger partial charge in [-0.2, -0.15) is 5.48 Å². The molecule has 1 aliphatic heterocycles. The van der Waals surface area contributed by atoms with Crippen molar-refractivity contribution < 1.29 is 4.84 Å². The van der Waals surface area contributed by atoms with Crippen molar-refractivity contribution in [2.75, 3.05) is 12.3 Å². The molecule has 0 saturated carbocycles. The summed E-state index contributed by atoms with van der Waals surface area (Å²) in [7, 11) is 0. The van der Waals surface area contributed by atoms with Gasteiger partial charge in [-0.25, -0.2) is 4.98 Å². The lowest BCUT2D eigenvalue weighted by atomic mass is 10.0. The third-order valence-corrected chi connectivity index (χ3v) is 5.48. The van der Waals surface area contributed by atoms with Gasteiger partial charge in [0.05, 0.1) is 33.5 Å². The van der Waals surface area contributed by atoms with Crippen molar-refractivity contribution in [2.24, 2.45) is 0 Å². The number of nitrogens with two attached hydrogens (primary N) is 1. The summed E-state index contributed by atoms with van der Waals surface area (Å²) in [5.41, 5.74) is 14.6. The van der Waals surface area contributed by atoms with Crippen LogP contribution < -0.4 is 16.8 Å². The van der Waals surface area contributed by atoms with Crippen LogP contribution in [0.25, 0.3) is 32.6 Å². The normalized spacial score (nSPS) is 14.7. The molecule has 4 aromatic rings. The lowest BCUT2D eigenvalue weighted by molar-refractivity contribution is 0.0444. The summed E-state index contributed by atoms with van der Waals surface area (Å²) in [4.78, 5) is 28.6. The van der Waals surface area contributed by atoms with Gasteiger partial charge in [-0.05, 0) is 41.1 Å². The average molecular weight is 353 g/mol. The van der Waals surface area contributed by atoms with E-state index in [1.165, 1.54) is 16.9 Å². The van der Waals surface area contributed by atoms with Crippen molar-refractivity contribution in [2.45, 2.75) is 13.0 Å². The Labute approximate surface area is 145 Å². The van der Waals surface area contributed by atoms with Crippen LogP contribution in [0.4, 0.5) is 5.69 Å². The van der Waals surface area contributed by atoms with Gasteiger partial charge in [-0.3, -0.25) is 4.79 Å². The molecule has 1 aromatic carbocycles. The fraction of sp³-hybridized carbons (Fsp3) is 0.176. The first-order valence-electron chi connectivity index (χ1n) is 7.96. The van der Waals surface area contributed by atoms with Crippen molar-refractivity contribution in [3.63, 3.8) is 0 Å². The number of pyridine rings is 1. The molecule has 126 valence electrons. The molecule has 0 atom stereocenters. The molecule has 0 fully saturated rings. The van der Waals surface area contributed by atoms with Crippen LogP contribution in [0.5, 0.6) is 0 Å². The summed E-state index contributed by atoms with van der Waals surface area (Å²) in [6.45, 7) is 1.26. The van der Waals surface area contributed by atoms with E-state index >= 15 is 0 Å². The van der Waals surface area contributed by atoms with Gasteiger partial charge < -0.3 is 20.5 Å². The average Bonchev–Trinajstić information content (AvgIpc) is 3.14. The van der Waals surface area contributed by atoms with Gasteiger partial charge in [-0.15, -0.1) is 11.3 Å². The second-order valence-electron chi connectivity index (χ2n) is 6.05. The zero-order valence-electron chi connectivity index (χ0n) is 13.2. The van der Waals surface area contributed by atoms with Crippen LogP contribution in [0, 0.1) is 0 Å². The molecule has 5 rings (SSSR count). The number of H-pyrrole nitrogens is 2. The molecule has 0 bridgehead atoms. The second-order valence-corrected chi connectivity index (χ2v) is 6.97. The predicted octanol–water partition coefficient (Wildman–Crippen LogP) is 2.29. The van der Waals surface area contributed by atoms with Crippen molar-refractivity contribution in [1.82, 2.24) is 20.4 Å². The molecule has 8 heteroatoms. The number of nitrogen functional groups attached to an aromatic ring is 1. The van der Waals surface area contributed by atoms with E-state index in [1.807, 2.05) is 17.5 Å². The number of aromatic nitrogens is 3. The molecular formula is C17H15N5O2S. The molecule has 0 amide bonds. The number of hydroxylamine groups is 1. The zero-order valence-corrected chi connectivity index (χ0v) is 14.0. The third kappa shape index (κ3) is 2.26. The number of imidazole rings is 1. The second kappa shape index (κ2) is 5.41. The van der Waals surface area contributed by atoms with E-state index in [9.17, 15) is 4.79 Å². The Morgan fingerprint density at radius 1 is 1.20 bits per heavy atom. The quantitative estimate of drug-likeness (QED) is 0.420. The minimum Gasteiger partial charge on any atom is -0.397 e. The molecule has 0 radical (unpaired) electrons. The number of hydrogen-bond donors (Lipinski definition) is 4. The summed E-state index contributed by atoms with van der Waals surface area (Å²) in [6, 6.07) is 5.96. The van der Waals surface area contributed by atoms with Gasteiger partial charge in [0.1, 0.15) is 11.4 Å². The zero-order chi connectivity index (χ0) is 17.0. The van der Waals surface area contributed by atoms with Crippen molar-refractivity contribution in [1.29, 1.82) is 0 Å². The van der Waals surface area contributed by atoms with Gasteiger partial charge in [-0.1, -0.05) is 0 Å². The Kier molecular flexibility index (Phi) is 3.17. The van der Waals surface area contributed by atoms with Crippen molar-refractivity contribution >= 4 is 38.3 Å². The monoisotopic (exact) mass is 353 g/mol. The van der Waals surface area contributed by atoms with Crippen molar-refractivity contribution in [3.05, 3.63) is 45.1 Å². The highest BCUT2D eigenvalue weighted by molar-refractivity contribution is 7.17. The molecule has 0 unspecified atom stereocenters. The standard InChI is InChI=1S/C17H15N5O2S/c18-14-13(17(23)22-10-2-4-25-15(10)14)16-20-11-5-8-1-3-24-19-7-9(8)6-12(11)21-16/h2,4-6,19H,1,3,7H2,(H,20,21)(H3,18,22,23). The molecule has 0 saturated heterocycles. The first-order chi connectivity index (χ1) is 12.2. The third-order valence-electron chi connectivity index (χ3n) is 4.53. The maximum Gasteiger partial charge on any atom is 0.261 e. The van der Waals surface area contributed by atoms with Crippen molar-refractivity contribution in [3.8, 4) is 11.4 Å². The van der Waals surface area contributed by atoms with Gasteiger partial charge >= 0.3 is 0 Å². The fourth-order valence-corrected chi connectivity index (χ4v) is 4.11. The highest BCUT2D eigenvalue weighted by Crippen LogP contribution is 2.31. The molecule has 0 aliphatic carbocycles. The summed E-state index contributed by atoms with van der Waals surface area (Å²) < 4.78 is 0.868. The van der Waals surface area contributed by atoms with Crippen LogP contribution in [0.15, 0.2) is 28.4 Å². The number of nitrogens with one attached hydrogen (secondary N) is 3. The van der Waals surface area contributed by atoms with Gasteiger partial charge in [0.15, 0.2) is 0 Å². The van der Waals surface area contributed by atoms with Crippen LogP contribution in [-0.2, 0) is 17.8 Å². The van der Waals surface area contributed by atoms with E-state index in [0.717, 1.165) is 33.2 Å². The molecule has 7 nitrogen and oxygen atoms in total. The Morgan fingerprint density at radius 3 is 3.04 bits per heavy atom. The van der Waals surface area contributed by atoms with Gasteiger partial charge in [0, 0.05) is 6.54 Å². The first kappa shape index (κ1) is 14.6. The lowest BCUT2D eigenvalue weighted by Crippen LogP contribution is -2.12. The topological polar surface area (TPSA) is 109 Å². The fourth-order valence-electron chi connectivity index (χ4n) is 3.29. The number of nitrogens with zero attached hydrogens (tertiary/aromatic N) is 1. The molecule has 4 heterocycles. The molecular weight excluding hydrogens is 338 g/mol. The number of rotatable bonds is 1. The molecule has 25 heavy (non-hydrogen) atoms. The Bertz CT molecular complexity index is 1130. The minimum absolute atomic E-state index is 0.237. The Hall–Kier alpha value is -2.68. The van der Waals surface area contributed by atoms with Gasteiger partial charge in [0.2, 0.25) is 0 Å². The Balaban J connectivity index is 1.73. The highest BCUT2D eigenvalue weighted by atomic mass is 32.1. The van der Waals surface area contributed by atoms with E-state index < -0.39 is 0 Å². The van der Waals surface area contributed by atoms with Crippen LogP contribution >= 0.6 is 11.3 Å². The number of thiophene rings is 1. The maximum atomic E-state index is 12.5. The van der Waals surface area contributed by atoms with Crippen LogP contribution in [0.2, 0.25) is 0 Å². The van der Waals surface area contributed by atoms with E-state index in [1.54, 1.807) is 0 Å². The summed E-state index contributed by atoms with van der Waals surface area (Å²) in [5.74, 6) is 0.494. The number of aromatic amines is 2.